The Balaban J connectivity index is 1.04. The second kappa shape index (κ2) is 14.7. The molecular weight excluding hydrogens is 755 g/mol. The molecule has 0 aliphatic rings. The fourth-order valence-electron chi connectivity index (χ4n) is 9.01. The highest BCUT2D eigenvalue weighted by Crippen LogP contribution is 2.38. The first kappa shape index (κ1) is 35.5. The SMILES string of the molecule is c1ccc(-c2cccc(-c3ccc(-c4nc(-c5ccc6c7ccccc7n(-c7ccccc7)c6c5)nc(-c5ccc6c7ccccc7n(-c7ccccc7)c6c5)n4)cc3)c2)cc1. The number of para-hydroxylation sites is 4. The summed E-state index contributed by atoms with van der Waals surface area (Å²) in [6, 6.07) is 79.2. The fourth-order valence-corrected chi connectivity index (χ4v) is 9.01. The highest BCUT2D eigenvalue weighted by Gasteiger charge is 2.19. The summed E-state index contributed by atoms with van der Waals surface area (Å²) in [5.74, 6) is 1.84. The van der Waals surface area contributed by atoms with Crippen molar-refractivity contribution in [3.8, 4) is 67.8 Å². The predicted molar refractivity (Wildman–Crippen MR) is 256 cm³/mol. The molecule has 12 rings (SSSR count). The van der Waals surface area contributed by atoms with Crippen LogP contribution in [0.5, 0.6) is 0 Å². The van der Waals surface area contributed by atoms with Crippen molar-refractivity contribution in [3.63, 3.8) is 0 Å². The molecule has 12 aromatic rings. The normalized spacial score (nSPS) is 11.5. The van der Waals surface area contributed by atoms with Gasteiger partial charge in [-0.25, -0.2) is 15.0 Å². The van der Waals surface area contributed by atoms with E-state index in [1.165, 1.54) is 32.7 Å². The summed E-state index contributed by atoms with van der Waals surface area (Å²) in [6.07, 6.45) is 0. The van der Waals surface area contributed by atoms with Crippen molar-refractivity contribution in [1.29, 1.82) is 0 Å². The Labute approximate surface area is 358 Å². The molecule has 0 unspecified atom stereocenters. The van der Waals surface area contributed by atoms with Crippen molar-refractivity contribution < 1.29 is 0 Å². The van der Waals surface area contributed by atoms with E-state index in [2.05, 4.69) is 234 Å². The molecule has 0 N–H and O–H groups in total. The van der Waals surface area contributed by atoms with E-state index in [1.807, 2.05) is 0 Å². The largest absolute Gasteiger partial charge is 0.309 e. The molecule has 9 aromatic carbocycles. The van der Waals surface area contributed by atoms with Gasteiger partial charge in [0, 0.05) is 49.6 Å². The van der Waals surface area contributed by atoms with Crippen LogP contribution in [0.15, 0.2) is 224 Å². The minimum atomic E-state index is 0.611. The molecule has 0 atom stereocenters. The van der Waals surface area contributed by atoms with E-state index in [0.717, 1.165) is 61.3 Å². The molecule has 0 bridgehead atoms. The Hall–Kier alpha value is -8.41. The number of benzene rings is 9. The molecule has 5 heteroatoms. The number of aromatic nitrogens is 5. The first-order valence-electron chi connectivity index (χ1n) is 20.9. The minimum absolute atomic E-state index is 0.611. The molecule has 0 saturated heterocycles. The summed E-state index contributed by atoms with van der Waals surface area (Å²) in [7, 11) is 0. The van der Waals surface area contributed by atoms with Gasteiger partial charge in [0.25, 0.3) is 0 Å². The van der Waals surface area contributed by atoms with Crippen LogP contribution in [-0.4, -0.2) is 24.1 Å². The second-order valence-electron chi connectivity index (χ2n) is 15.7. The third-order valence-electron chi connectivity index (χ3n) is 12.0. The molecule has 5 nitrogen and oxygen atoms in total. The molecule has 0 fully saturated rings. The Morgan fingerprint density at radius 3 is 1.08 bits per heavy atom. The Morgan fingerprint density at radius 2 is 0.581 bits per heavy atom. The molecule has 62 heavy (non-hydrogen) atoms. The molecule has 290 valence electrons. The average Bonchev–Trinajstić information content (AvgIpc) is 3.87. The number of hydrogen-bond acceptors (Lipinski definition) is 3. The van der Waals surface area contributed by atoms with Crippen LogP contribution in [0.1, 0.15) is 0 Å². The van der Waals surface area contributed by atoms with Crippen molar-refractivity contribution in [2.45, 2.75) is 0 Å². The molecule has 3 heterocycles. The van der Waals surface area contributed by atoms with Crippen molar-refractivity contribution in [1.82, 2.24) is 24.1 Å². The fraction of sp³-hybridized carbons (Fsp3) is 0. The van der Waals surface area contributed by atoms with Gasteiger partial charge in [-0.2, -0.15) is 0 Å². The van der Waals surface area contributed by atoms with Crippen molar-refractivity contribution in [2.24, 2.45) is 0 Å². The lowest BCUT2D eigenvalue weighted by Crippen LogP contribution is -2.01. The average molecular weight is 792 g/mol. The monoisotopic (exact) mass is 791 g/mol. The zero-order valence-electron chi connectivity index (χ0n) is 33.6. The van der Waals surface area contributed by atoms with Gasteiger partial charge in [0.2, 0.25) is 0 Å². The Morgan fingerprint density at radius 1 is 0.226 bits per heavy atom. The lowest BCUT2D eigenvalue weighted by atomic mass is 9.98. The van der Waals surface area contributed by atoms with Crippen LogP contribution in [0.4, 0.5) is 0 Å². The van der Waals surface area contributed by atoms with Gasteiger partial charge in [-0.05, 0) is 76.9 Å². The van der Waals surface area contributed by atoms with Crippen LogP contribution < -0.4 is 0 Å². The summed E-state index contributed by atoms with van der Waals surface area (Å²) in [5.41, 5.74) is 14.1. The number of hydrogen-bond donors (Lipinski definition) is 0. The summed E-state index contributed by atoms with van der Waals surface area (Å²) in [6.45, 7) is 0. The maximum atomic E-state index is 5.29. The van der Waals surface area contributed by atoms with Crippen LogP contribution in [-0.2, 0) is 0 Å². The van der Waals surface area contributed by atoms with Gasteiger partial charge in [0.15, 0.2) is 17.5 Å². The van der Waals surface area contributed by atoms with Crippen LogP contribution in [0.3, 0.4) is 0 Å². The van der Waals surface area contributed by atoms with Crippen LogP contribution in [0, 0.1) is 0 Å². The highest BCUT2D eigenvalue weighted by atomic mass is 15.0. The molecule has 0 aliphatic carbocycles. The zero-order chi connectivity index (χ0) is 41.0. The molecule has 0 radical (unpaired) electrons. The summed E-state index contributed by atoms with van der Waals surface area (Å²) >= 11 is 0. The number of nitrogens with zero attached hydrogens (tertiary/aromatic N) is 5. The van der Waals surface area contributed by atoms with Gasteiger partial charge < -0.3 is 9.13 Å². The molecular formula is C57H37N5. The molecule has 0 spiro atoms. The van der Waals surface area contributed by atoms with E-state index < -0.39 is 0 Å². The van der Waals surface area contributed by atoms with E-state index in [1.54, 1.807) is 0 Å². The molecule has 0 aliphatic heterocycles. The smallest absolute Gasteiger partial charge is 0.164 e. The topological polar surface area (TPSA) is 48.5 Å². The molecule has 0 amide bonds. The summed E-state index contributed by atoms with van der Waals surface area (Å²) in [5, 5.41) is 4.75. The lowest BCUT2D eigenvalue weighted by Gasteiger charge is -2.12. The quantitative estimate of drug-likeness (QED) is 0.162. The number of fused-ring (bicyclic) bond motifs is 6. The van der Waals surface area contributed by atoms with Crippen LogP contribution in [0.25, 0.3) is 111 Å². The van der Waals surface area contributed by atoms with E-state index in [0.29, 0.717) is 17.5 Å². The van der Waals surface area contributed by atoms with Crippen molar-refractivity contribution in [3.05, 3.63) is 224 Å². The van der Waals surface area contributed by atoms with Crippen molar-refractivity contribution in [2.75, 3.05) is 0 Å². The minimum Gasteiger partial charge on any atom is -0.309 e. The molecule has 0 saturated carbocycles. The van der Waals surface area contributed by atoms with Gasteiger partial charge in [0.05, 0.1) is 22.1 Å². The van der Waals surface area contributed by atoms with E-state index in [4.69, 9.17) is 15.0 Å². The number of rotatable bonds is 7. The van der Waals surface area contributed by atoms with E-state index >= 15 is 0 Å². The standard InChI is InChI=1S/C57H37N5/c1-4-15-38(16-5-1)41-17-14-18-42(35-41)39-27-29-40(30-28-39)55-58-56(43-31-33-49-47-23-10-12-25-51(47)61(53(49)36-43)45-19-6-2-7-20-45)60-57(59-55)44-32-34-50-48-24-11-13-26-52(48)62(54(50)37-44)46-21-8-3-9-22-46/h1-37H. The third-order valence-corrected chi connectivity index (χ3v) is 12.0. The summed E-state index contributed by atoms with van der Waals surface area (Å²) < 4.78 is 4.66. The first-order valence-corrected chi connectivity index (χ1v) is 20.9. The summed E-state index contributed by atoms with van der Waals surface area (Å²) in [4.78, 5) is 15.8. The van der Waals surface area contributed by atoms with Gasteiger partial charge >= 0.3 is 0 Å². The Kier molecular flexibility index (Phi) is 8.42. The molecule has 3 aromatic heterocycles. The highest BCUT2D eigenvalue weighted by molar-refractivity contribution is 6.11. The third kappa shape index (κ3) is 6.06. The van der Waals surface area contributed by atoms with Crippen LogP contribution >= 0.6 is 0 Å². The lowest BCUT2D eigenvalue weighted by molar-refractivity contribution is 1.07. The zero-order valence-corrected chi connectivity index (χ0v) is 33.6. The van der Waals surface area contributed by atoms with Gasteiger partial charge in [0.1, 0.15) is 0 Å². The predicted octanol–water partition coefficient (Wildman–Crippen LogP) is 14.4. The Bertz CT molecular complexity index is 3430. The second-order valence-corrected chi connectivity index (χ2v) is 15.7. The van der Waals surface area contributed by atoms with E-state index in [9.17, 15) is 0 Å². The van der Waals surface area contributed by atoms with Gasteiger partial charge in [-0.1, -0.05) is 170 Å². The van der Waals surface area contributed by atoms with E-state index in [-0.39, 0.29) is 0 Å². The first-order chi connectivity index (χ1) is 30.7. The maximum Gasteiger partial charge on any atom is 0.164 e. The van der Waals surface area contributed by atoms with Crippen molar-refractivity contribution >= 4 is 43.6 Å². The van der Waals surface area contributed by atoms with Gasteiger partial charge in [-0.3, -0.25) is 0 Å². The van der Waals surface area contributed by atoms with Crippen LogP contribution in [0.2, 0.25) is 0 Å². The maximum absolute atomic E-state index is 5.29. The van der Waals surface area contributed by atoms with Gasteiger partial charge in [-0.15, -0.1) is 0 Å².